The highest BCUT2D eigenvalue weighted by molar-refractivity contribution is 9.10. The van der Waals surface area contributed by atoms with Gasteiger partial charge in [-0.25, -0.2) is 4.98 Å². The van der Waals surface area contributed by atoms with Gasteiger partial charge in [-0.1, -0.05) is 6.92 Å². The van der Waals surface area contributed by atoms with E-state index in [0.717, 1.165) is 27.3 Å². The molecule has 102 valence electrons. The normalized spacial score (nSPS) is 10.9. The Labute approximate surface area is 124 Å². The molecule has 2 heterocycles. The summed E-state index contributed by atoms with van der Waals surface area (Å²) >= 11 is 4.92. The van der Waals surface area contributed by atoms with Crippen molar-refractivity contribution < 1.29 is 4.79 Å². The smallest absolute Gasteiger partial charge is 0.188 e. The summed E-state index contributed by atoms with van der Waals surface area (Å²) < 4.78 is 2.66. The maximum atomic E-state index is 12.2. The summed E-state index contributed by atoms with van der Waals surface area (Å²) in [6, 6.07) is 0. The largest absolute Gasteiger partial charge is 0.325 e. The molecular weight excluding hydrogens is 328 g/mol. The molecule has 0 saturated heterocycles. The zero-order valence-electron chi connectivity index (χ0n) is 10.8. The molecule has 2 aromatic rings. The van der Waals surface area contributed by atoms with E-state index in [9.17, 15) is 4.79 Å². The molecule has 0 spiro atoms. The molecule has 19 heavy (non-hydrogen) atoms. The summed E-state index contributed by atoms with van der Waals surface area (Å²) in [5.41, 5.74) is 7.83. The van der Waals surface area contributed by atoms with E-state index in [1.165, 1.54) is 11.3 Å². The predicted octanol–water partition coefficient (Wildman–Crippen LogP) is 2.09. The predicted molar refractivity (Wildman–Crippen MR) is 78.3 cm³/mol. The molecule has 0 aliphatic carbocycles. The zero-order valence-corrected chi connectivity index (χ0v) is 13.2. The van der Waals surface area contributed by atoms with Crippen molar-refractivity contribution in [2.75, 3.05) is 0 Å². The Balaban J connectivity index is 2.21. The van der Waals surface area contributed by atoms with Crippen LogP contribution < -0.4 is 5.73 Å². The molecule has 0 aliphatic heterocycles. The van der Waals surface area contributed by atoms with Crippen LogP contribution in [0.4, 0.5) is 0 Å². The van der Waals surface area contributed by atoms with Gasteiger partial charge in [-0.2, -0.15) is 5.10 Å². The molecular formula is C12H15BrN4OS. The van der Waals surface area contributed by atoms with Crippen molar-refractivity contribution in [3.63, 3.8) is 0 Å². The van der Waals surface area contributed by atoms with Crippen molar-refractivity contribution in [1.82, 2.24) is 14.8 Å². The molecule has 5 nitrogen and oxygen atoms in total. The van der Waals surface area contributed by atoms with E-state index in [4.69, 9.17) is 5.73 Å². The number of carbonyl (C=O) groups excluding carboxylic acids is 1. The molecule has 0 fully saturated rings. The number of hydrogen-bond acceptors (Lipinski definition) is 5. The second-order valence-corrected chi connectivity index (χ2v) is 5.85. The van der Waals surface area contributed by atoms with Gasteiger partial charge in [0.05, 0.1) is 22.3 Å². The standard InChI is InChI=1S/C12H15BrN4OS/c1-3-7-12(13)9(17(2)16-7)4-10(18)8-6-19-11(5-14)15-8/h6H,3-5,14H2,1-2H3. The second kappa shape index (κ2) is 5.94. The van der Waals surface area contributed by atoms with Crippen molar-refractivity contribution in [1.29, 1.82) is 0 Å². The van der Waals surface area contributed by atoms with Gasteiger partial charge in [0.25, 0.3) is 0 Å². The Morgan fingerprint density at radius 3 is 2.84 bits per heavy atom. The lowest BCUT2D eigenvalue weighted by Gasteiger charge is -2.00. The fraction of sp³-hybridized carbons (Fsp3) is 0.417. The fourth-order valence-corrected chi connectivity index (χ4v) is 3.22. The van der Waals surface area contributed by atoms with Gasteiger partial charge < -0.3 is 5.73 Å². The molecule has 7 heteroatoms. The highest BCUT2D eigenvalue weighted by Gasteiger charge is 2.18. The maximum Gasteiger partial charge on any atom is 0.188 e. The highest BCUT2D eigenvalue weighted by Crippen LogP contribution is 2.23. The summed E-state index contributed by atoms with van der Waals surface area (Å²) in [5, 5.41) is 6.92. The number of thiazole rings is 1. The molecule has 0 amide bonds. The van der Waals surface area contributed by atoms with E-state index in [-0.39, 0.29) is 12.2 Å². The Morgan fingerprint density at radius 1 is 1.58 bits per heavy atom. The van der Waals surface area contributed by atoms with Gasteiger partial charge in [-0.05, 0) is 22.4 Å². The highest BCUT2D eigenvalue weighted by atomic mass is 79.9. The topological polar surface area (TPSA) is 73.8 Å². The molecule has 0 bridgehead atoms. The van der Waals surface area contributed by atoms with Crippen molar-refractivity contribution in [3.05, 3.63) is 31.9 Å². The lowest BCUT2D eigenvalue weighted by Crippen LogP contribution is -2.09. The molecule has 2 N–H and O–H groups in total. The van der Waals surface area contributed by atoms with E-state index >= 15 is 0 Å². The number of halogens is 1. The average Bonchev–Trinajstić information content (AvgIpc) is 2.98. The first-order chi connectivity index (χ1) is 9.06. The Morgan fingerprint density at radius 2 is 2.32 bits per heavy atom. The molecule has 2 aromatic heterocycles. The van der Waals surface area contributed by atoms with E-state index in [0.29, 0.717) is 12.2 Å². The van der Waals surface area contributed by atoms with Gasteiger partial charge >= 0.3 is 0 Å². The minimum atomic E-state index is -0.0118. The van der Waals surface area contributed by atoms with E-state index in [1.54, 1.807) is 10.1 Å². The number of ketones is 1. The van der Waals surface area contributed by atoms with E-state index in [1.807, 2.05) is 14.0 Å². The number of aromatic nitrogens is 3. The van der Waals surface area contributed by atoms with Crippen LogP contribution >= 0.6 is 27.3 Å². The summed E-state index contributed by atoms with van der Waals surface area (Å²) in [6.45, 7) is 2.40. The Bertz CT molecular complexity index is 605. The molecule has 0 unspecified atom stereocenters. The van der Waals surface area contributed by atoms with Crippen molar-refractivity contribution in [2.24, 2.45) is 12.8 Å². The summed E-state index contributed by atoms with van der Waals surface area (Å²) in [5.74, 6) is -0.0118. The number of hydrogen-bond donors (Lipinski definition) is 1. The van der Waals surface area contributed by atoms with Crippen molar-refractivity contribution in [2.45, 2.75) is 26.3 Å². The SMILES string of the molecule is CCc1nn(C)c(CC(=O)c2csc(CN)n2)c1Br. The molecule has 0 aromatic carbocycles. The monoisotopic (exact) mass is 342 g/mol. The van der Waals surface area contributed by atoms with E-state index in [2.05, 4.69) is 26.0 Å². The van der Waals surface area contributed by atoms with Crippen molar-refractivity contribution in [3.8, 4) is 0 Å². The third-order valence-electron chi connectivity index (χ3n) is 2.84. The summed E-state index contributed by atoms with van der Waals surface area (Å²) in [7, 11) is 1.85. The van der Waals surface area contributed by atoms with Crippen LogP contribution in [-0.4, -0.2) is 20.5 Å². The van der Waals surface area contributed by atoms with Gasteiger partial charge in [0, 0.05) is 19.0 Å². The lowest BCUT2D eigenvalue weighted by atomic mass is 10.1. The number of Topliss-reactive ketones (excluding diaryl/α,β-unsaturated/α-hetero) is 1. The Kier molecular flexibility index (Phi) is 4.49. The summed E-state index contributed by atoms with van der Waals surface area (Å²) in [6.07, 6.45) is 1.12. The lowest BCUT2D eigenvalue weighted by molar-refractivity contribution is 0.0986. The first kappa shape index (κ1) is 14.4. The van der Waals surface area contributed by atoms with Crippen LogP contribution in [0.5, 0.6) is 0 Å². The van der Waals surface area contributed by atoms with Gasteiger partial charge in [0.2, 0.25) is 0 Å². The molecule has 0 atom stereocenters. The number of rotatable bonds is 5. The van der Waals surface area contributed by atoms with Crippen LogP contribution in [0, 0.1) is 0 Å². The van der Waals surface area contributed by atoms with Crippen LogP contribution in [0.2, 0.25) is 0 Å². The number of nitrogens with two attached hydrogens (primary N) is 1. The summed E-state index contributed by atoms with van der Waals surface area (Å²) in [4.78, 5) is 16.4. The van der Waals surface area contributed by atoms with Crippen LogP contribution in [-0.2, 0) is 26.4 Å². The number of aryl methyl sites for hydroxylation is 2. The van der Waals surface area contributed by atoms with Crippen LogP contribution in [0.1, 0.15) is 33.8 Å². The quantitative estimate of drug-likeness (QED) is 0.844. The molecule has 2 rings (SSSR count). The number of nitrogens with zero attached hydrogens (tertiary/aromatic N) is 3. The Hall–Kier alpha value is -1.05. The zero-order chi connectivity index (χ0) is 14.0. The first-order valence-corrected chi connectivity index (χ1v) is 7.62. The average molecular weight is 343 g/mol. The van der Waals surface area contributed by atoms with Gasteiger partial charge in [0.1, 0.15) is 10.7 Å². The third kappa shape index (κ3) is 2.93. The first-order valence-electron chi connectivity index (χ1n) is 5.94. The van der Waals surface area contributed by atoms with Crippen molar-refractivity contribution >= 4 is 33.0 Å². The fourth-order valence-electron chi connectivity index (χ4n) is 1.79. The van der Waals surface area contributed by atoms with E-state index < -0.39 is 0 Å². The van der Waals surface area contributed by atoms with Crippen LogP contribution in [0.3, 0.4) is 0 Å². The molecule has 0 saturated carbocycles. The van der Waals surface area contributed by atoms with Gasteiger partial charge in [-0.15, -0.1) is 11.3 Å². The minimum absolute atomic E-state index is 0.0118. The third-order valence-corrected chi connectivity index (χ3v) is 4.63. The second-order valence-electron chi connectivity index (χ2n) is 4.12. The van der Waals surface area contributed by atoms with Crippen LogP contribution in [0.25, 0.3) is 0 Å². The maximum absolute atomic E-state index is 12.2. The van der Waals surface area contributed by atoms with Gasteiger partial charge in [-0.3, -0.25) is 9.48 Å². The molecule has 0 radical (unpaired) electrons. The number of carbonyl (C=O) groups is 1. The van der Waals surface area contributed by atoms with Crippen LogP contribution in [0.15, 0.2) is 9.85 Å². The van der Waals surface area contributed by atoms with Gasteiger partial charge in [0.15, 0.2) is 5.78 Å². The minimum Gasteiger partial charge on any atom is -0.325 e. The molecule has 0 aliphatic rings.